The van der Waals surface area contributed by atoms with Crippen molar-refractivity contribution in [3.8, 4) is 0 Å². The van der Waals surface area contributed by atoms with E-state index in [2.05, 4.69) is 0 Å². The van der Waals surface area contributed by atoms with Gasteiger partial charge in [0, 0.05) is 13.6 Å². The van der Waals surface area contributed by atoms with Crippen LogP contribution in [0.25, 0.3) is 0 Å². The predicted octanol–water partition coefficient (Wildman–Crippen LogP) is 1.61. The van der Waals surface area contributed by atoms with E-state index in [9.17, 15) is 5.21 Å². The molecule has 3 nitrogen and oxygen atoms in total. The molecule has 1 heterocycles. The fourth-order valence-corrected chi connectivity index (χ4v) is 1.60. The van der Waals surface area contributed by atoms with Gasteiger partial charge in [0.05, 0.1) is 5.69 Å². The van der Waals surface area contributed by atoms with E-state index >= 15 is 0 Å². The Hall–Kier alpha value is -1.13. The fourth-order valence-electron chi connectivity index (χ4n) is 1.44. The van der Waals surface area contributed by atoms with Gasteiger partial charge in [0.2, 0.25) is 5.11 Å². The third kappa shape index (κ3) is 1.28. The quantitative estimate of drug-likeness (QED) is 0.635. The van der Waals surface area contributed by atoms with Crippen molar-refractivity contribution >= 4 is 23.0 Å². The molecule has 0 aromatic heterocycles. The molecule has 1 aliphatic heterocycles. The molecule has 0 saturated carbocycles. The molecular formula is C9H10N2OS. The Balaban J connectivity index is 2.49. The summed E-state index contributed by atoms with van der Waals surface area (Å²) < 4.78 is 0. The lowest BCUT2D eigenvalue weighted by molar-refractivity contribution is 0.283. The van der Waals surface area contributed by atoms with Crippen molar-refractivity contribution in [3.63, 3.8) is 0 Å². The van der Waals surface area contributed by atoms with E-state index in [0.29, 0.717) is 5.11 Å². The molecule has 1 aromatic rings. The van der Waals surface area contributed by atoms with Crippen molar-refractivity contribution in [1.29, 1.82) is 0 Å². The standard InChI is InChI=1S/C9H10N2OS/c1-10-6-7-4-2-3-5-8(7)11(12)9(10)13/h2-5,12H,6H2,1H3. The van der Waals surface area contributed by atoms with Gasteiger partial charge >= 0.3 is 0 Å². The molecule has 2 rings (SSSR count). The predicted molar refractivity (Wildman–Crippen MR) is 54.8 cm³/mol. The third-order valence-electron chi connectivity index (χ3n) is 2.14. The normalized spacial score (nSPS) is 16.0. The summed E-state index contributed by atoms with van der Waals surface area (Å²) in [5, 5.41) is 11.1. The minimum absolute atomic E-state index is 0.443. The van der Waals surface area contributed by atoms with Crippen LogP contribution < -0.4 is 5.06 Å². The van der Waals surface area contributed by atoms with Crippen molar-refractivity contribution in [2.24, 2.45) is 0 Å². The number of rotatable bonds is 0. The number of fused-ring (bicyclic) bond motifs is 1. The van der Waals surface area contributed by atoms with Gasteiger partial charge in [-0.2, -0.15) is 5.06 Å². The van der Waals surface area contributed by atoms with Crippen LogP contribution in [0.1, 0.15) is 5.56 Å². The highest BCUT2D eigenvalue weighted by molar-refractivity contribution is 7.80. The summed E-state index contributed by atoms with van der Waals surface area (Å²) in [5.74, 6) is 0. The Labute approximate surface area is 82.1 Å². The van der Waals surface area contributed by atoms with E-state index in [-0.39, 0.29) is 0 Å². The number of para-hydroxylation sites is 1. The van der Waals surface area contributed by atoms with Crippen molar-refractivity contribution in [2.75, 3.05) is 12.1 Å². The Morgan fingerprint density at radius 1 is 1.38 bits per heavy atom. The number of benzene rings is 1. The molecule has 0 atom stereocenters. The SMILES string of the molecule is CN1Cc2ccccc2N(O)C1=S. The highest BCUT2D eigenvalue weighted by Gasteiger charge is 2.22. The molecule has 0 aliphatic carbocycles. The molecule has 0 saturated heterocycles. The first-order valence-corrected chi connectivity index (χ1v) is 4.43. The molecule has 0 fully saturated rings. The van der Waals surface area contributed by atoms with Crippen molar-refractivity contribution in [2.45, 2.75) is 6.54 Å². The lowest BCUT2D eigenvalue weighted by Crippen LogP contribution is -2.42. The van der Waals surface area contributed by atoms with Crippen molar-refractivity contribution in [3.05, 3.63) is 29.8 Å². The summed E-state index contributed by atoms with van der Waals surface area (Å²) in [6, 6.07) is 7.68. The molecule has 1 aromatic carbocycles. The smallest absolute Gasteiger partial charge is 0.200 e. The lowest BCUT2D eigenvalue weighted by atomic mass is 10.1. The van der Waals surface area contributed by atoms with Gasteiger partial charge in [0.1, 0.15) is 0 Å². The van der Waals surface area contributed by atoms with E-state index in [4.69, 9.17) is 12.2 Å². The number of anilines is 1. The molecule has 0 amide bonds. The van der Waals surface area contributed by atoms with Crippen LogP contribution in [0, 0.1) is 0 Å². The molecule has 1 aliphatic rings. The van der Waals surface area contributed by atoms with Crippen LogP contribution in [0.4, 0.5) is 5.69 Å². The second-order valence-corrected chi connectivity index (χ2v) is 3.44. The Kier molecular flexibility index (Phi) is 1.94. The maximum absolute atomic E-state index is 9.65. The monoisotopic (exact) mass is 194 g/mol. The molecule has 13 heavy (non-hydrogen) atoms. The largest absolute Gasteiger partial charge is 0.346 e. The first-order chi connectivity index (χ1) is 6.20. The minimum atomic E-state index is 0.443. The first kappa shape index (κ1) is 8.47. The van der Waals surface area contributed by atoms with Crippen LogP contribution in [0.2, 0.25) is 0 Å². The number of nitrogens with zero attached hydrogens (tertiary/aromatic N) is 2. The number of hydroxylamine groups is 1. The van der Waals surface area contributed by atoms with Gasteiger partial charge in [-0.15, -0.1) is 0 Å². The van der Waals surface area contributed by atoms with E-state index < -0.39 is 0 Å². The van der Waals surface area contributed by atoms with E-state index in [1.807, 2.05) is 36.2 Å². The average Bonchev–Trinajstić information content (AvgIpc) is 2.15. The summed E-state index contributed by atoms with van der Waals surface area (Å²) in [4.78, 5) is 1.83. The maximum Gasteiger partial charge on any atom is 0.200 e. The van der Waals surface area contributed by atoms with Gasteiger partial charge in [0.15, 0.2) is 0 Å². The number of hydrogen-bond donors (Lipinski definition) is 1. The van der Waals surface area contributed by atoms with Gasteiger partial charge in [-0.1, -0.05) is 18.2 Å². The zero-order valence-corrected chi connectivity index (χ0v) is 8.08. The second kappa shape index (κ2) is 2.97. The zero-order valence-electron chi connectivity index (χ0n) is 7.27. The van der Waals surface area contributed by atoms with Crippen LogP contribution in [0.15, 0.2) is 24.3 Å². The highest BCUT2D eigenvalue weighted by atomic mass is 32.1. The van der Waals surface area contributed by atoms with E-state index in [1.54, 1.807) is 0 Å². The number of thiocarbonyl (C=S) groups is 1. The molecule has 4 heteroatoms. The summed E-state index contributed by atoms with van der Waals surface area (Å²) in [5.41, 5.74) is 1.87. The summed E-state index contributed by atoms with van der Waals surface area (Å²) in [7, 11) is 1.86. The fraction of sp³-hybridized carbons (Fsp3) is 0.222. The first-order valence-electron chi connectivity index (χ1n) is 4.02. The van der Waals surface area contributed by atoms with Crippen LogP contribution in [-0.2, 0) is 6.54 Å². The average molecular weight is 194 g/mol. The van der Waals surface area contributed by atoms with Crippen LogP contribution >= 0.6 is 12.2 Å². The molecule has 68 valence electrons. The maximum atomic E-state index is 9.65. The van der Waals surface area contributed by atoms with Gasteiger partial charge in [-0.05, 0) is 23.8 Å². The molecule has 0 spiro atoms. The van der Waals surface area contributed by atoms with Crippen molar-refractivity contribution in [1.82, 2.24) is 4.90 Å². The molecule has 0 bridgehead atoms. The Morgan fingerprint density at radius 3 is 2.85 bits per heavy atom. The van der Waals surface area contributed by atoms with Gasteiger partial charge < -0.3 is 4.90 Å². The summed E-state index contributed by atoms with van der Waals surface area (Å²) in [6.07, 6.45) is 0. The van der Waals surface area contributed by atoms with Gasteiger partial charge in [-0.25, -0.2) is 0 Å². The van der Waals surface area contributed by atoms with Gasteiger partial charge in [0.25, 0.3) is 0 Å². The zero-order chi connectivity index (χ0) is 9.42. The Bertz CT molecular complexity index is 353. The molecule has 0 radical (unpaired) electrons. The second-order valence-electron chi connectivity index (χ2n) is 3.08. The summed E-state index contributed by atoms with van der Waals surface area (Å²) in [6.45, 7) is 0.756. The molecular weight excluding hydrogens is 184 g/mol. The molecule has 1 N–H and O–H groups in total. The molecule has 0 unspecified atom stereocenters. The van der Waals surface area contributed by atoms with Crippen LogP contribution in [0.3, 0.4) is 0 Å². The van der Waals surface area contributed by atoms with E-state index in [0.717, 1.165) is 22.9 Å². The number of hydrogen-bond acceptors (Lipinski definition) is 2. The Morgan fingerprint density at radius 2 is 2.08 bits per heavy atom. The van der Waals surface area contributed by atoms with Crippen LogP contribution in [-0.4, -0.2) is 22.3 Å². The third-order valence-corrected chi connectivity index (χ3v) is 2.62. The van der Waals surface area contributed by atoms with E-state index in [1.165, 1.54) is 0 Å². The van der Waals surface area contributed by atoms with Gasteiger partial charge in [-0.3, -0.25) is 5.21 Å². The summed E-state index contributed by atoms with van der Waals surface area (Å²) >= 11 is 5.03. The van der Waals surface area contributed by atoms with Crippen LogP contribution in [0.5, 0.6) is 0 Å². The lowest BCUT2D eigenvalue weighted by Gasteiger charge is -2.33. The topological polar surface area (TPSA) is 26.7 Å². The minimum Gasteiger partial charge on any atom is -0.346 e. The van der Waals surface area contributed by atoms with Crippen molar-refractivity contribution < 1.29 is 5.21 Å². The highest BCUT2D eigenvalue weighted by Crippen LogP contribution is 2.25.